The summed E-state index contributed by atoms with van der Waals surface area (Å²) in [6.45, 7) is 3.14. The summed E-state index contributed by atoms with van der Waals surface area (Å²) in [5, 5.41) is 0.955. The smallest absolute Gasteiger partial charge is 0.298 e. The molecule has 0 aliphatic carbocycles. The van der Waals surface area contributed by atoms with E-state index in [0.29, 0.717) is 28.8 Å². The Labute approximate surface area is 220 Å². The number of fused-ring (bicyclic) bond motifs is 1. The topological polar surface area (TPSA) is 51.5 Å². The van der Waals surface area contributed by atoms with Crippen LogP contribution in [-0.4, -0.2) is 22.3 Å². The van der Waals surface area contributed by atoms with Crippen LogP contribution in [0.5, 0.6) is 5.75 Å². The molecule has 0 N–H and O–H groups in total. The number of thioether (sulfide) groups is 1. The standard InChI is InChI=1S/C27H20BrClN2O3S/c1-17-6-2-5-9-24(17)34-13-12-30-16-18(20-15-19(28)10-11-22(20)30)14-25-26(32)31(27(33)35-25)23-8-4-3-7-21(23)29/h2-11,14-16H,12-13H2,1H3/b25-14-. The molecule has 4 aromatic rings. The van der Waals surface area contributed by atoms with Gasteiger partial charge in [0.25, 0.3) is 11.1 Å². The van der Waals surface area contributed by atoms with Gasteiger partial charge < -0.3 is 9.30 Å². The molecule has 0 radical (unpaired) electrons. The number of carbonyl (C=O) groups excluding carboxylic acids is 2. The van der Waals surface area contributed by atoms with Gasteiger partial charge in [-0.05, 0) is 66.7 Å². The van der Waals surface area contributed by atoms with E-state index in [0.717, 1.165) is 48.9 Å². The third kappa shape index (κ3) is 4.76. The van der Waals surface area contributed by atoms with E-state index in [1.54, 1.807) is 30.3 Å². The summed E-state index contributed by atoms with van der Waals surface area (Å²) in [5.41, 5.74) is 3.34. The molecule has 35 heavy (non-hydrogen) atoms. The van der Waals surface area contributed by atoms with Crippen molar-refractivity contribution in [2.45, 2.75) is 13.5 Å². The van der Waals surface area contributed by atoms with Gasteiger partial charge in [0.2, 0.25) is 0 Å². The Balaban J connectivity index is 1.45. The fourth-order valence-corrected chi connectivity index (χ4v) is 5.43. The van der Waals surface area contributed by atoms with Crippen LogP contribution in [0.3, 0.4) is 0 Å². The van der Waals surface area contributed by atoms with Gasteiger partial charge in [0, 0.05) is 27.1 Å². The minimum Gasteiger partial charge on any atom is -0.491 e. The number of anilines is 1. The van der Waals surface area contributed by atoms with E-state index in [4.69, 9.17) is 16.3 Å². The van der Waals surface area contributed by atoms with Crippen LogP contribution in [-0.2, 0) is 11.3 Å². The summed E-state index contributed by atoms with van der Waals surface area (Å²) >= 11 is 10.7. The largest absolute Gasteiger partial charge is 0.491 e. The van der Waals surface area contributed by atoms with Crippen LogP contribution in [0.1, 0.15) is 11.1 Å². The normalized spacial score (nSPS) is 14.9. The number of benzene rings is 3. The predicted molar refractivity (Wildman–Crippen MR) is 146 cm³/mol. The van der Waals surface area contributed by atoms with Gasteiger partial charge in [-0.2, -0.15) is 0 Å². The fraction of sp³-hybridized carbons (Fsp3) is 0.111. The number of nitrogens with zero attached hydrogens (tertiary/aromatic N) is 2. The van der Waals surface area contributed by atoms with E-state index < -0.39 is 0 Å². The molecule has 8 heteroatoms. The first-order valence-corrected chi connectivity index (χ1v) is 12.9. The Morgan fingerprint density at radius 1 is 1.06 bits per heavy atom. The SMILES string of the molecule is Cc1ccccc1OCCn1cc(/C=C2\SC(=O)N(c3ccccc3Cl)C2=O)c2cc(Br)ccc21. The molecule has 0 unspecified atom stereocenters. The Bertz CT molecular complexity index is 1500. The van der Waals surface area contributed by atoms with Gasteiger partial charge >= 0.3 is 0 Å². The summed E-state index contributed by atoms with van der Waals surface area (Å²) in [6, 6.07) is 20.8. The van der Waals surface area contributed by atoms with Crippen LogP contribution in [0.4, 0.5) is 10.5 Å². The number of ether oxygens (including phenoxy) is 1. The van der Waals surface area contributed by atoms with Gasteiger partial charge in [-0.25, -0.2) is 4.90 Å². The Morgan fingerprint density at radius 2 is 1.83 bits per heavy atom. The second-order valence-corrected chi connectivity index (χ2v) is 10.3. The molecule has 2 amide bonds. The van der Waals surface area contributed by atoms with Gasteiger partial charge in [-0.15, -0.1) is 0 Å². The van der Waals surface area contributed by atoms with Gasteiger partial charge in [0.05, 0.1) is 22.2 Å². The third-order valence-corrected chi connectivity index (χ3v) is 7.41. The fourth-order valence-electron chi connectivity index (χ4n) is 4.02. The first-order valence-electron chi connectivity index (χ1n) is 10.9. The minimum atomic E-state index is -0.383. The number of aromatic nitrogens is 1. The van der Waals surface area contributed by atoms with E-state index in [-0.39, 0.29) is 11.1 Å². The zero-order valence-electron chi connectivity index (χ0n) is 18.7. The summed E-state index contributed by atoms with van der Waals surface area (Å²) in [7, 11) is 0. The molecule has 1 saturated heterocycles. The summed E-state index contributed by atoms with van der Waals surface area (Å²) in [5.74, 6) is 0.479. The zero-order valence-corrected chi connectivity index (χ0v) is 21.9. The van der Waals surface area contributed by atoms with Gasteiger partial charge in [-0.1, -0.05) is 57.9 Å². The lowest BCUT2D eigenvalue weighted by molar-refractivity contribution is -0.113. The minimum absolute atomic E-state index is 0.352. The van der Waals surface area contributed by atoms with Crippen molar-refractivity contribution in [1.29, 1.82) is 0 Å². The van der Waals surface area contributed by atoms with Gasteiger partial charge in [0.1, 0.15) is 12.4 Å². The number of para-hydroxylation sites is 2. The van der Waals surface area contributed by atoms with Crippen molar-refractivity contribution in [3.8, 4) is 5.75 Å². The van der Waals surface area contributed by atoms with Crippen molar-refractivity contribution >= 4 is 73.1 Å². The highest BCUT2D eigenvalue weighted by Gasteiger charge is 2.37. The molecular formula is C27H20BrClN2O3S. The average molecular weight is 568 g/mol. The van der Waals surface area contributed by atoms with Crippen LogP contribution in [0, 0.1) is 6.92 Å². The molecule has 1 aromatic heterocycles. The first-order chi connectivity index (χ1) is 16.9. The molecule has 0 spiro atoms. The molecule has 5 rings (SSSR count). The highest BCUT2D eigenvalue weighted by molar-refractivity contribution is 9.10. The molecular weight excluding hydrogens is 548 g/mol. The molecule has 0 bridgehead atoms. The van der Waals surface area contributed by atoms with Gasteiger partial charge in [-0.3, -0.25) is 9.59 Å². The lowest BCUT2D eigenvalue weighted by atomic mass is 10.1. The number of halogens is 2. The van der Waals surface area contributed by atoms with Crippen molar-refractivity contribution in [2.24, 2.45) is 0 Å². The zero-order chi connectivity index (χ0) is 24.5. The summed E-state index contributed by atoms with van der Waals surface area (Å²) in [4.78, 5) is 27.3. The van der Waals surface area contributed by atoms with E-state index in [9.17, 15) is 9.59 Å². The number of hydrogen-bond donors (Lipinski definition) is 0. The maximum Gasteiger partial charge on any atom is 0.298 e. The van der Waals surface area contributed by atoms with E-state index in [2.05, 4.69) is 20.5 Å². The Kier molecular flexibility index (Phi) is 6.73. The molecule has 1 aliphatic heterocycles. The summed E-state index contributed by atoms with van der Waals surface area (Å²) in [6.07, 6.45) is 3.76. The quantitative estimate of drug-likeness (QED) is 0.224. The molecule has 0 atom stereocenters. The Hall–Kier alpha value is -3.00. The van der Waals surface area contributed by atoms with Crippen LogP contribution in [0.15, 0.2) is 82.3 Å². The molecule has 2 heterocycles. The number of hydrogen-bond acceptors (Lipinski definition) is 4. The predicted octanol–water partition coefficient (Wildman–Crippen LogP) is 7.69. The van der Waals surface area contributed by atoms with Crippen molar-refractivity contribution in [3.63, 3.8) is 0 Å². The highest BCUT2D eigenvalue weighted by atomic mass is 79.9. The van der Waals surface area contributed by atoms with E-state index >= 15 is 0 Å². The number of aryl methyl sites for hydroxylation is 1. The number of carbonyl (C=O) groups is 2. The van der Waals surface area contributed by atoms with E-state index in [1.165, 1.54) is 0 Å². The van der Waals surface area contributed by atoms with Crippen molar-refractivity contribution < 1.29 is 14.3 Å². The number of imide groups is 1. The maximum absolute atomic E-state index is 13.2. The second-order valence-electron chi connectivity index (χ2n) is 8.02. The Morgan fingerprint density at radius 3 is 2.63 bits per heavy atom. The van der Waals surface area contributed by atoms with E-state index in [1.807, 2.05) is 55.6 Å². The van der Waals surface area contributed by atoms with Crippen molar-refractivity contribution in [2.75, 3.05) is 11.5 Å². The lowest BCUT2D eigenvalue weighted by Gasteiger charge is -2.13. The number of rotatable bonds is 6. The van der Waals surface area contributed by atoms with Crippen LogP contribution < -0.4 is 9.64 Å². The second kappa shape index (κ2) is 9.93. The number of amides is 2. The summed E-state index contributed by atoms with van der Waals surface area (Å²) < 4.78 is 9.02. The third-order valence-electron chi connectivity index (χ3n) is 5.73. The molecule has 0 saturated carbocycles. The monoisotopic (exact) mass is 566 g/mol. The maximum atomic E-state index is 13.2. The van der Waals surface area contributed by atoms with Crippen molar-refractivity contribution in [3.05, 3.63) is 98.5 Å². The molecule has 1 fully saturated rings. The van der Waals surface area contributed by atoms with Gasteiger partial charge in [0.15, 0.2) is 0 Å². The van der Waals surface area contributed by atoms with Crippen LogP contribution in [0.2, 0.25) is 5.02 Å². The van der Waals surface area contributed by atoms with Crippen LogP contribution >= 0.6 is 39.3 Å². The van der Waals surface area contributed by atoms with Crippen LogP contribution in [0.25, 0.3) is 17.0 Å². The molecule has 3 aromatic carbocycles. The first kappa shape index (κ1) is 23.7. The molecule has 5 nitrogen and oxygen atoms in total. The molecule has 1 aliphatic rings. The van der Waals surface area contributed by atoms with Crippen molar-refractivity contribution in [1.82, 2.24) is 4.57 Å². The molecule has 176 valence electrons. The highest BCUT2D eigenvalue weighted by Crippen LogP contribution is 2.39. The average Bonchev–Trinajstić information content (AvgIpc) is 3.31. The lowest BCUT2D eigenvalue weighted by Crippen LogP contribution is -2.27.